The van der Waals surface area contributed by atoms with E-state index in [-0.39, 0.29) is 0 Å². The van der Waals surface area contributed by atoms with Gasteiger partial charge >= 0.3 is 0 Å². The molecule has 1 aliphatic carbocycles. The minimum atomic E-state index is 0.882. The second kappa shape index (κ2) is 9.43. The molecular formula is C28H28O. The number of hydrogen-bond acceptors (Lipinski definition) is 1. The molecule has 0 atom stereocenters. The number of allylic oxidation sites excluding steroid dienone is 3. The molecule has 29 heavy (non-hydrogen) atoms. The second-order valence-electron chi connectivity index (χ2n) is 7.61. The third-order valence-electron chi connectivity index (χ3n) is 5.64. The zero-order valence-corrected chi connectivity index (χ0v) is 17.1. The quantitative estimate of drug-likeness (QED) is 0.415. The van der Waals surface area contributed by atoms with Crippen molar-refractivity contribution in [3.8, 4) is 5.75 Å². The van der Waals surface area contributed by atoms with E-state index in [1.807, 2.05) is 0 Å². The highest BCUT2D eigenvalue weighted by molar-refractivity contribution is 6.02. The zero-order chi connectivity index (χ0) is 19.9. The predicted molar refractivity (Wildman–Crippen MR) is 123 cm³/mol. The first kappa shape index (κ1) is 19.3. The Kier molecular flexibility index (Phi) is 6.26. The van der Waals surface area contributed by atoms with Gasteiger partial charge in [0.1, 0.15) is 5.75 Å². The molecule has 0 radical (unpaired) electrons. The SMILES string of the molecule is COc1ccc(/C(=C(\C=C2CCCCC2)c2ccccc2)c2ccccc2)cc1. The summed E-state index contributed by atoms with van der Waals surface area (Å²) in [5, 5.41) is 0. The molecule has 0 spiro atoms. The Morgan fingerprint density at radius 1 is 0.655 bits per heavy atom. The van der Waals surface area contributed by atoms with Gasteiger partial charge in [0.2, 0.25) is 0 Å². The summed E-state index contributed by atoms with van der Waals surface area (Å²) < 4.78 is 5.39. The van der Waals surface area contributed by atoms with Crippen LogP contribution in [0.4, 0.5) is 0 Å². The summed E-state index contributed by atoms with van der Waals surface area (Å²) in [6.07, 6.45) is 8.84. The third-order valence-corrected chi connectivity index (χ3v) is 5.64. The van der Waals surface area contributed by atoms with E-state index in [0.29, 0.717) is 0 Å². The fourth-order valence-electron chi connectivity index (χ4n) is 4.11. The van der Waals surface area contributed by atoms with E-state index in [4.69, 9.17) is 4.74 Å². The summed E-state index contributed by atoms with van der Waals surface area (Å²) >= 11 is 0. The lowest BCUT2D eigenvalue weighted by molar-refractivity contribution is 0.415. The molecule has 0 amide bonds. The molecule has 146 valence electrons. The van der Waals surface area contributed by atoms with Crippen LogP contribution in [0.25, 0.3) is 11.1 Å². The number of ether oxygens (including phenoxy) is 1. The van der Waals surface area contributed by atoms with Crippen molar-refractivity contribution in [2.45, 2.75) is 32.1 Å². The van der Waals surface area contributed by atoms with Crippen LogP contribution in [-0.2, 0) is 0 Å². The minimum absolute atomic E-state index is 0.882. The van der Waals surface area contributed by atoms with Crippen molar-refractivity contribution in [3.63, 3.8) is 0 Å². The van der Waals surface area contributed by atoms with Crippen molar-refractivity contribution in [3.05, 3.63) is 113 Å². The van der Waals surface area contributed by atoms with Crippen LogP contribution in [0.15, 0.2) is 96.6 Å². The van der Waals surface area contributed by atoms with Crippen LogP contribution in [0.1, 0.15) is 48.8 Å². The van der Waals surface area contributed by atoms with Crippen LogP contribution in [0.5, 0.6) is 5.75 Å². The van der Waals surface area contributed by atoms with Crippen molar-refractivity contribution in [1.29, 1.82) is 0 Å². The Balaban J connectivity index is 1.96. The Morgan fingerprint density at radius 2 is 1.21 bits per heavy atom. The zero-order valence-electron chi connectivity index (χ0n) is 17.1. The van der Waals surface area contributed by atoms with Crippen LogP contribution in [0.3, 0.4) is 0 Å². The molecule has 3 aromatic carbocycles. The van der Waals surface area contributed by atoms with Gasteiger partial charge in [0, 0.05) is 0 Å². The summed E-state index contributed by atoms with van der Waals surface area (Å²) in [6.45, 7) is 0. The van der Waals surface area contributed by atoms with Gasteiger partial charge in [-0.15, -0.1) is 0 Å². The largest absolute Gasteiger partial charge is 0.497 e. The molecule has 0 unspecified atom stereocenters. The molecule has 0 aliphatic heterocycles. The van der Waals surface area contributed by atoms with Gasteiger partial charge in [-0.25, -0.2) is 0 Å². The topological polar surface area (TPSA) is 9.23 Å². The first-order valence-electron chi connectivity index (χ1n) is 10.5. The van der Waals surface area contributed by atoms with E-state index in [9.17, 15) is 0 Å². The summed E-state index contributed by atoms with van der Waals surface area (Å²) in [6, 6.07) is 30.0. The highest BCUT2D eigenvalue weighted by Crippen LogP contribution is 2.36. The van der Waals surface area contributed by atoms with Gasteiger partial charge < -0.3 is 4.74 Å². The van der Waals surface area contributed by atoms with Gasteiger partial charge in [-0.05, 0) is 65.7 Å². The van der Waals surface area contributed by atoms with Crippen molar-refractivity contribution in [1.82, 2.24) is 0 Å². The molecule has 1 nitrogen and oxygen atoms in total. The normalized spacial score (nSPS) is 14.9. The van der Waals surface area contributed by atoms with Crippen molar-refractivity contribution in [2.24, 2.45) is 0 Å². The fourth-order valence-corrected chi connectivity index (χ4v) is 4.11. The second-order valence-corrected chi connectivity index (χ2v) is 7.61. The van der Waals surface area contributed by atoms with Crippen molar-refractivity contribution in [2.75, 3.05) is 7.11 Å². The highest BCUT2D eigenvalue weighted by atomic mass is 16.5. The molecule has 0 N–H and O–H groups in total. The van der Waals surface area contributed by atoms with Gasteiger partial charge in [-0.2, -0.15) is 0 Å². The highest BCUT2D eigenvalue weighted by Gasteiger charge is 2.15. The van der Waals surface area contributed by atoms with E-state index >= 15 is 0 Å². The summed E-state index contributed by atoms with van der Waals surface area (Å²) in [5.74, 6) is 0.882. The number of benzene rings is 3. The summed E-state index contributed by atoms with van der Waals surface area (Å²) in [7, 11) is 1.71. The molecule has 1 heteroatoms. The van der Waals surface area contributed by atoms with Gasteiger partial charge in [0.05, 0.1) is 7.11 Å². The maximum absolute atomic E-state index is 5.39. The van der Waals surface area contributed by atoms with Crippen molar-refractivity contribution < 1.29 is 4.74 Å². The first-order chi connectivity index (χ1) is 14.3. The fraction of sp³-hybridized carbons (Fsp3) is 0.214. The Hall–Kier alpha value is -3.06. The maximum atomic E-state index is 5.39. The number of hydrogen-bond donors (Lipinski definition) is 0. The van der Waals surface area contributed by atoms with Gasteiger partial charge in [0.15, 0.2) is 0 Å². The van der Waals surface area contributed by atoms with E-state index in [1.54, 1.807) is 12.7 Å². The van der Waals surface area contributed by atoms with Crippen molar-refractivity contribution >= 4 is 11.1 Å². The molecular weight excluding hydrogens is 352 g/mol. The molecule has 1 fully saturated rings. The first-order valence-corrected chi connectivity index (χ1v) is 10.5. The monoisotopic (exact) mass is 380 g/mol. The van der Waals surface area contributed by atoms with E-state index < -0.39 is 0 Å². The van der Waals surface area contributed by atoms with Gasteiger partial charge in [-0.3, -0.25) is 0 Å². The van der Waals surface area contributed by atoms with Crippen LogP contribution in [0, 0.1) is 0 Å². The van der Waals surface area contributed by atoms with Crippen LogP contribution >= 0.6 is 0 Å². The number of methoxy groups -OCH3 is 1. The molecule has 3 aromatic rings. The molecule has 0 heterocycles. The summed E-state index contributed by atoms with van der Waals surface area (Å²) in [5.41, 5.74) is 7.86. The molecule has 0 aromatic heterocycles. The van der Waals surface area contributed by atoms with Crippen LogP contribution in [-0.4, -0.2) is 7.11 Å². The van der Waals surface area contributed by atoms with E-state index in [1.165, 1.54) is 59.9 Å². The van der Waals surface area contributed by atoms with Gasteiger partial charge in [0.25, 0.3) is 0 Å². The minimum Gasteiger partial charge on any atom is -0.497 e. The predicted octanol–water partition coefficient (Wildman–Crippen LogP) is 7.54. The molecule has 0 bridgehead atoms. The van der Waals surface area contributed by atoms with Crippen LogP contribution < -0.4 is 4.74 Å². The van der Waals surface area contributed by atoms with Gasteiger partial charge in [-0.1, -0.05) is 90.9 Å². The smallest absolute Gasteiger partial charge is 0.118 e. The maximum Gasteiger partial charge on any atom is 0.118 e. The Labute approximate surface area is 174 Å². The van der Waals surface area contributed by atoms with Crippen LogP contribution in [0.2, 0.25) is 0 Å². The van der Waals surface area contributed by atoms with E-state index in [0.717, 1.165) is 5.75 Å². The molecule has 1 aliphatic rings. The Bertz CT molecular complexity index is 972. The van der Waals surface area contributed by atoms with E-state index in [2.05, 4.69) is 91.0 Å². The lowest BCUT2D eigenvalue weighted by atomic mass is 9.86. The summed E-state index contributed by atoms with van der Waals surface area (Å²) in [4.78, 5) is 0. The molecule has 1 saturated carbocycles. The standard InChI is InChI=1S/C28H28O/c1-29-26-19-17-25(18-20-26)28(24-15-9-4-10-16-24)27(23-13-7-3-8-14-23)21-22-11-5-2-6-12-22/h3-4,7-10,13-21H,2,5-6,11-12H2,1H3/b28-27+. The lowest BCUT2D eigenvalue weighted by Crippen LogP contribution is -1.98. The Morgan fingerprint density at radius 3 is 1.79 bits per heavy atom. The average Bonchev–Trinajstić information content (AvgIpc) is 2.81. The molecule has 4 rings (SSSR count). The average molecular weight is 381 g/mol. The third kappa shape index (κ3) is 4.68. The lowest BCUT2D eigenvalue weighted by Gasteiger charge is -2.19. The molecule has 0 saturated heterocycles. The number of rotatable bonds is 5.